The average molecular weight is 361 g/mol. The van der Waals surface area contributed by atoms with Gasteiger partial charge in [0.15, 0.2) is 5.13 Å². The summed E-state index contributed by atoms with van der Waals surface area (Å²) in [5.74, 6) is 0.301. The molecule has 0 bridgehead atoms. The first-order chi connectivity index (χ1) is 10.2. The number of nitrogens with one attached hydrogen (secondary N) is 1. The van der Waals surface area contributed by atoms with Crippen LogP contribution in [0.2, 0.25) is 0 Å². The fourth-order valence-electron chi connectivity index (χ4n) is 1.94. The van der Waals surface area contributed by atoms with Crippen molar-refractivity contribution in [2.45, 2.75) is 6.54 Å². The summed E-state index contributed by atoms with van der Waals surface area (Å²) < 4.78 is 1.05. The van der Waals surface area contributed by atoms with Gasteiger partial charge in [0.25, 0.3) is 0 Å². The smallest absolute Gasteiger partial charge is 0.183 e. The lowest BCUT2D eigenvalue weighted by Crippen LogP contribution is -1.99. The highest BCUT2D eigenvalue weighted by Crippen LogP contribution is 2.27. The van der Waals surface area contributed by atoms with E-state index in [1.54, 1.807) is 17.4 Å². The molecule has 0 fully saturated rings. The van der Waals surface area contributed by atoms with Gasteiger partial charge in [-0.15, -0.1) is 11.3 Å². The predicted octanol–water partition coefficient (Wildman–Crippen LogP) is 4.89. The number of para-hydroxylation sites is 1. The molecule has 2 aromatic carbocycles. The predicted molar refractivity (Wildman–Crippen MR) is 90.7 cm³/mol. The standard InChI is InChI=1S/C16H13BrN2OS/c17-13-7-5-11(6-8-13)14-10-21-16(19-14)18-9-12-3-1-2-4-15(12)20/h1-8,10,20H,9H2,(H,18,19). The van der Waals surface area contributed by atoms with Gasteiger partial charge in [0.2, 0.25) is 0 Å². The molecular weight excluding hydrogens is 348 g/mol. The van der Waals surface area contributed by atoms with Crippen LogP contribution in [0.25, 0.3) is 11.3 Å². The van der Waals surface area contributed by atoms with Crippen LogP contribution in [0.1, 0.15) is 5.56 Å². The molecule has 0 radical (unpaired) electrons. The lowest BCUT2D eigenvalue weighted by Gasteiger charge is -2.04. The number of hydrogen-bond donors (Lipinski definition) is 2. The molecule has 1 aromatic heterocycles. The number of aromatic nitrogens is 1. The number of phenolic OH excluding ortho intramolecular Hbond substituents is 1. The molecule has 0 aliphatic rings. The van der Waals surface area contributed by atoms with Crippen LogP contribution in [0.15, 0.2) is 58.4 Å². The number of benzene rings is 2. The molecule has 0 atom stereocenters. The number of hydrogen-bond acceptors (Lipinski definition) is 4. The SMILES string of the molecule is Oc1ccccc1CNc1nc(-c2ccc(Br)cc2)cs1. The zero-order chi connectivity index (χ0) is 14.7. The first kappa shape index (κ1) is 14.1. The van der Waals surface area contributed by atoms with E-state index in [1.807, 2.05) is 47.8 Å². The number of thiazole rings is 1. The topological polar surface area (TPSA) is 45.1 Å². The Morgan fingerprint density at radius 1 is 1.10 bits per heavy atom. The summed E-state index contributed by atoms with van der Waals surface area (Å²) in [5.41, 5.74) is 2.90. The number of aromatic hydroxyl groups is 1. The Hall–Kier alpha value is -1.85. The van der Waals surface area contributed by atoms with Crippen LogP contribution in [0, 0.1) is 0 Å². The van der Waals surface area contributed by atoms with Crippen molar-refractivity contribution in [1.82, 2.24) is 4.98 Å². The molecule has 3 nitrogen and oxygen atoms in total. The van der Waals surface area contributed by atoms with Gasteiger partial charge in [-0.05, 0) is 18.2 Å². The first-order valence-corrected chi connectivity index (χ1v) is 8.12. The molecule has 3 rings (SSSR count). The quantitative estimate of drug-likeness (QED) is 0.695. The van der Waals surface area contributed by atoms with Crippen LogP contribution in [0.5, 0.6) is 5.75 Å². The summed E-state index contributed by atoms with van der Waals surface area (Å²) >= 11 is 4.98. The molecule has 106 valence electrons. The van der Waals surface area contributed by atoms with Crippen molar-refractivity contribution in [3.05, 3.63) is 63.9 Å². The second-order valence-electron chi connectivity index (χ2n) is 4.53. The Morgan fingerprint density at radius 2 is 1.86 bits per heavy atom. The summed E-state index contributed by atoms with van der Waals surface area (Å²) in [4.78, 5) is 4.57. The number of phenols is 1. The van der Waals surface area contributed by atoms with Crippen LogP contribution in [-0.2, 0) is 6.54 Å². The lowest BCUT2D eigenvalue weighted by molar-refractivity contribution is 0.469. The summed E-state index contributed by atoms with van der Waals surface area (Å²) in [6.07, 6.45) is 0. The van der Waals surface area contributed by atoms with E-state index in [1.165, 1.54) is 0 Å². The molecule has 21 heavy (non-hydrogen) atoms. The molecule has 0 amide bonds. The lowest BCUT2D eigenvalue weighted by atomic mass is 10.2. The molecule has 1 heterocycles. The van der Waals surface area contributed by atoms with Crippen molar-refractivity contribution < 1.29 is 5.11 Å². The van der Waals surface area contributed by atoms with Gasteiger partial charge in [0.1, 0.15) is 5.75 Å². The molecule has 0 saturated heterocycles. The molecule has 0 saturated carbocycles. The van der Waals surface area contributed by atoms with Crippen LogP contribution < -0.4 is 5.32 Å². The fourth-order valence-corrected chi connectivity index (χ4v) is 2.92. The van der Waals surface area contributed by atoms with Crippen LogP contribution >= 0.6 is 27.3 Å². The fraction of sp³-hybridized carbons (Fsp3) is 0.0625. The van der Waals surface area contributed by atoms with Gasteiger partial charge in [-0.1, -0.05) is 46.3 Å². The Morgan fingerprint density at radius 3 is 2.62 bits per heavy atom. The van der Waals surface area contributed by atoms with Crippen LogP contribution in [0.4, 0.5) is 5.13 Å². The molecule has 3 aromatic rings. The van der Waals surface area contributed by atoms with Gasteiger partial charge in [0, 0.05) is 27.5 Å². The number of halogens is 1. The van der Waals surface area contributed by atoms with Gasteiger partial charge < -0.3 is 10.4 Å². The van der Waals surface area contributed by atoms with Gasteiger partial charge in [-0.3, -0.25) is 0 Å². The Balaban J connectivity index is 1.71. The first-order valence-electron chi connectivity index (χ1n) is 6.44. The molecule has 2 N–H and O–H groups in total. The maximum atomic E-state index is 9.74. The normalized spacial score (nSPS) is 10.5. The van der Waals surface area contributed by atoms with Crippen molar-refractivity contribution in [1.29, 1.82) is 0 Å². The molecule has 5 heteroatoms. The van der Waals surface area contributed by atoms with Crippen LogP contribution in [0.3, 0.4) is 0 Å². The van der Waals surface area contributed by atoms with E-state index in [0.717, 1.165) is 26.4 Å². The van der Waals surface area contributed by atoms with Gasteiger partial charge in [-0.25, -0.2) is 4.98 Å². The van der Waals surface area contributed by atoms with Crippen molar-refractivity contribution in [2.24, 2.45) is 0 Å². The Kier molecular flexibility index (Phi) is 4.22. The highest BCUT2D eigenvalue weighted by Gasteiger charge is 2.05. The number of nitrogens with zero attached hydrogens (tertiary/aromatic N) is 1. The summed E-state index contributed by atoms with van der Waals surface area (Å²) in [7, 11) is 0. The second kappa shape index (κ2) is 6.28. The highest BCUT2D eigenvalue weighted by molar-refractivity contribution is 9.10. The maximum absolute atomic E-state index is 9.74. The van der Waals surface area contributed by atoms with Crippen molar-refractivity contribution in [3.8, 4) is 17.0 Å². The summed E-state index contributed by atoms with van der Waals surface area (Å²) in [6.45, 7) is 0.556. The highest BCUT2D eigenvalue weighted by atomic mass is 79.9. The van der Waals surface area contributed by atoms with Gasteiger partial charge in [-0.2, -0.15) is 0 Å². The van der Waals surface area contributed by atoms with Gasteiger partial charge in [0.05, 0.1) is 5.69 Å². The third-order valence-corrected chi connectivity index (χ3v) is 4.39. The molecule has 0 aliphatic heterocycles. The Bertz CT molecular complexity index is 740. The van der Waals surface area contributed by atoms with Crippen LogP contribution in [-0.4, -0.2) is 10.1 Å². The second-order valence-corrected chi connectivity index (χ2v) is 6.30. The minimum absolute atomic E-state index is 0.301. The van der Waals surface area contributed by atoms with E-state index in [9.17, 15) is 5.11 Å². The number of anilines is 1. The maximum Gasteiger partial charge on any atom is 0.183 e. The van der Waals surface area contributed by atoms with E-state index in [4.69, 9.17) is 0 Å². The summed E-state index contributed by atoms with van der Waals surface area (Å²) in [5, 5.41) is 15.8. The Labute approximate surface area is 135 Å². The minimum Gasteiger partial charge on any atom is -0.508 e. The van der Waals surface area contributed by atoms with E-state index < -0.39 is 0 Å². The van der Waals surface area contributed by atoms with Crippen molar-refractivity contribution in [3.63, 3.8) is 0 Å². The summed E-state index contributed by atoms with van der Waals surface area (Å²) in [6, 6.07) is 15.4. The average Bonchev–Trinajstić information content (AvgIpc) is 2.96. The van der Waals surface area contributed by atoms with E-state index >= 15 is 0 Å². The number of rotatable bonds is 4. The van der Waals surface area contributed by atoms with E-state index in [2.05, 4.69) is 26.2 Å². The van der Waals surface area contributed by atoms with Crippen molar-refractivity contribution >= 4 is 32.4 Å². The van der Waals surface area contributed by atoms with Gasteiger partial charge >= 0.3 is 0 Å². The molecule has 0 spiro atoms. The minimum atomic E-state index is 0.301. The monoisotopic (exact) mass is 360 g/mol. The van der Waals surface area contributed by atoms with Crippen molar-refractivity contribution in [2.75, 3.05) is 5.32 Å². The molecular formula is C16H13BrN2OS. The largest absolute Gasteiger partial charge is 0.508 e. The zero-order valence-electron chi connectivity index (χ0n) is 11.1. The van der Waals surface area contributed by atoms with E-state index in [-0.39, 0.29) is 0 Å². The third kappa shape index (κ3) is 3.43. The third-order valence-electron chi connectivity index (χ3n) is 3.07. The van der Waals surface area contributed by atoms with E-state index in [0.29, 0.717) is 12.3 Å². The molecule has 0 unspecified atom stereocenters. The zero-order valence-corrected chi connectivity index (χ0v) is 13.5. The molecule has 0 aliphatic carbocycles.